The van der Waals surface area contributed by atoms with Gasteiger partial charge >= 0.3 is 6.18 Å². The topological polar surface area (TPSA) is 42.0 Å². The summed E-state index contributed by atoms with van der Waals surface area (Å²) in [5, 5.41) is 2.53. The van der Waals surface area contributed by atoms with Crippen molar-refractivity contribution in [2.75, 3.05) is 5.32 Å². The molecule has 2 heterocycles. The summed E-state index contributed by atoms with van der Waals surface area (Å²) in [5.74, 6) is -0.0982. The number of rotatable bonds is 1. The average Bonchev–Trinajstić information content (AvgIpc) is 2.75. The van der Waals surface area contributed by atoms with Crippen LogP contribution in [0.2, 0.25) is 0 Å². The summed E-state index contributed by atoms with van der Waals surface area (Å²) < 4.78 is 38.9. The van der Waals surface area contributed by atoms with Crippen LogP contribution in [0.15, 0.2) is 42.6 Å². The lowest BCUT2D eigenvalue weighted by atomic mass is 10.0. The number of anilines is 1. The van der Waals surface area contributed by atoms with Crippen LogP contribution in [0.5, 0.6) is 0 Å². The Morgan fingerprint density at radius 2 is 1.86 bits per heavy atom. The Hall–Kier alpha value is -2.63. The smallest absolute Gasteiger partial charge is 0.306 e. The van der Waals surface area contributed by atoms with Crippen molar-refractivity contribution in [3.63, 3.8) is 0 Å². The van der Waals surface area contributed by atoms with Crippen LogP contribution < -0.4 is 5.32 Å². The number of fused-ring (bicyclic) bond motifs is 1. The van der Waals surface area contributed by atoms with Crippen LogP contribution >= 0.6 is 0 Å². The maximum Gasteiger partial charge on any atom is 0.416 e. The molecule has 0 atom stereocenters. The summed E-state index contributed by atoms with van der Waals surface area (Å²) in [6, 6.07) is 8.40. The van der Waals surface area contributed by atoms with Crippen molar-refractivity contribution in [2.45, 2.75) is 6.18 Å². The van der Waals surface area contributed by atoms with Gasteiger partial charge in [0.25, 0.3) is 5.91 Å². The molecule has 0 aliphatic carbocycles. The number of aromatic nitrogens is 1. The number of carbonyl (C=O) groups is 1. The van der Waals surface area contributed by atoms with Crippen LogP contribution in [-0.2, 0) is 11.0 Å². The van der Waals surface area contributed by atoms with Gasteiger partial charge in [0.05, 0.1) is 11.1 Å². The van der Waals surface area contributed by atoms with Crippen LogP contribution in [-0.4, -0.2) is 10.9 Å². The molecule has 106 valence electrons. The number of nitrogens with one attached hydrogen (secondary N) is 1. The van der Waals surface area contributed by atoms with Crippen LogP contribution in [0, 0.1) is 0 Å². The van der Waals surface area contributed by atoms with Crippen molar-refractivity contribution in [1.82, 2.24) is 4.98 Å². The fourth-order valence-corrected chi connectivity index (χ4v) is 2.20. The lowest BCUT2D eigenvalue weighted by Crippen LogP contribution is -2.08. The normalized spacial score (nSPS) is 16.0. The minimum atomic E-state index is -4.47. The first-order chi connectivity index (χ1) is 9.97. The maximum atomic E-state index is 13.0. The van der Waals surface area contributed by atoms with Gasteiger partial charge in [0.1, 0.15) is 5.82 Å². The fourth-order valence-electron chi connectivity index (χ4n) is 2.20. The molecular formula is C15H9F3N2O. The van der Waals surface area contributed by atoms with Crippen molar-refractivity contribution in [3.05, 3.63) is 59.3 Å². The zero-order chi connectivity index (χ0) is 15.0. The highest BCUT2D eigenvalue weighted by atomic mass is 19.4. The molecule has 1 aliphatic rings. The van der Waals surface area contributed by atoms with Gasteiger partial charge < -0.3 is 5.32 Å². The number of alkyl halides is 3. The molecule has 1 aliphatic heterocycles. The molecule has 0 radical (unpaired) electrons. The van der Waals surface area contributed by atoms with Gasteiger partial charge in [-0.15, -0.1) is 0 Å². The lowest BCUT2D eigenvalue weighted by molar-refractivity contribution is -0.137. The minimum absolute atomic E-state index is 0.0492. The summed E-state index contributed by atoms with van der Waals surface area (Å²) in [6.45, 7) is 0. The van der Waals surface area contributed by atoms with E-state index in [1.165, 1.54) is 30.5 Å². The molecule has 6 heteroatoms. The molecule has 0 saturated carbocycles. The van der Waals surface area contributed by atoms with Gasteiger partial charge in [0.15, 0.2) is 0 Å². The van der Waals surface area contributed by atoms with E-state index in [1.54, 1.807) is 12.1 Å². The third-order valence-corrected chi connectivity index (χ3v) is 3.14. The Morgan fingerprint density at radius 3 is 2.62 bits per heavy atom. The van der Waals surface area contributed by atoms with Crippen LogP contribution in [0.3, 0.4) is 0 Å². The van der Waals surface area contributed by atoms with E-state index in [2.05, 4.69) is 10.3 Å². The molecule has 1 N–H and O–H groups in total. The second-order valence-corrected chi connectivity index (χ2v) is 4.50. The number of hydrogen-bond donors (Lipinski definition) is 1. The van der Waals surface area contributed by atoms with Gasteiger partial charge in [0.2, 0.25) is 0 Å². The molecule has 0 fully saturated rings. The van der Waals surface area contributed by atoms with E-state index in [0.29, 0.717) is 11.4 Å². The average molecular weight is 290 g/mol. The molecule has 0 unspecified atom stereocenters. The molecule has 1 aromatic heterocycles. The number of nitrogens with zero attached hydrogens (tertiary/aromatic N) is 1. The highest BCUT2D eigenvalue weighted by molar-refractivity contribution is 6.34. The van der Waals surface area contributed by atoms with Crippen molar-refractivity contribution >= 4 is 23.4 Å². The summed E-state index contributed by atoms with van der Waals surface area (Å²) in [5.41, 5.74) is -0.149. The second-order valence-electron chi connectivity index (χ2n) is 4.50. The van der Waals surface area contributed by atoms with Crippen LogP contribution in [0.4, 0.5) is 19.0 Å². The van der Waals surface area contributed by atoms with Crippen LogP contribution in [0.1, 0.15) is 16.7 Å². The number of amides is 1. The van der Waals surface area contributed by atoms with Crippen molar-refractivity contribution in [2.24, 2.45) is 0 Å². The predicted molar refractivity (Wildman–Crippen MR) is 72.2 cm³/mol. The highest BCUT2D eigenvalue weighted by Crippen LogP contribution is 2.36. The molecular weight excluding hydrogens is 281 g/mol. The van der Waals surface area contributed by atoms with E-state index < -0.39 is 17.6 Å². The van der Waals surface area contributed by atoms with E-state index in [-0.39, 0.29) is 11.1 Å². The van der Waals surface area contributed by atoms with Gasteiger partial charge in [-0.3, -0.25) is 4.79 Å². The molecule has 3 nitrogen and oxygen atoms in total. The number of benzene rings is 1. The third kappa shape index (κ3) is 2.40. The van der Waals surface area contributed by atoms with E-state index in [4.69, 9.17) is 0 Å². The summed E-state index contributed by atoms with van der Waals surface area (Å²) >= 11 is 0. The minimum Gasteiger partial charge on any atom is -0.306 e. The van der Waals surface area contributed by atoms with Crippen molar-refractivity contribution < 1.29 is 18.0 Å². The summed E-state index contributed by atoms with van der Waals surface area (Å²) in [4.78, 5) is 15.9. The standard InChI is InChI=1S/C15H9F3N2O/c16-15(17,18)12-6-2-1-4-9(12)8-11-10-5-3-7-19-13(10)20-14(11)21/h1-8H,(H,19,20,21)/b11-8-. The molecule has 0 saturated heterocycles. The number of halogens is 3. The second kappa shape index (κ2) is 4.73. The summed E-state index contributed by atoms with van der Waals surface area (Å²) in [7, 11) is 0. The first-order valence-corrected chi connectivity index (χ1v) is 6.11. The third-order valence-electron chi connectivity index (χ3n) is 3.14. The monoisotopic (exact) mass is 290 g/mol. The molecule has 3 rings (SSSR count). The first kappa shape index (κ1) is 13.4. The Balaban J connectivity index is 2.14. The van der Waals surface area contributed by atoms with Gasteiger partial charge in [-0.25, -0.2) is 4.98 Å². The van der Waals surface area contributed by atoms with Gasteiger partial charge in [-0.1, -0.05) is 18.2 Å². The largest absolute Gasteiger partial charge is 0.416 e. The van der Waals surface area contributed by atoms with E-state index in [1.807, 2.05) is 0 Å². The first-order valence-electron chi connectivity index (χ1n) is 6.11. The predicted octanol–water partition coefficient (Wildman–Crippen LogP) is 3.59. The molecule has 2 aromatic rings. The number of hydrogen-bond acceptors (Lipinski definition) is 2. The highest BCUT2D eigenvalue weighted by Gasteiger charge is 2.33. The number of carbonyl (C=O) groups excluding carboxylic acids is 1. The quantitative estimate of drug-likeness (QED) is 0.815. The molecule has 1 amide bonds. The Bertz CT molecular complexity index is 751. The fraction of sp³-hybridized carbons (Fsp3) is 0.0667. The Labute approximate surface area is 118 Å². The van der Waals surface area contributed by atoms with Gasteiger partial charge in [-0.05, 0) is 29.8 Å². The molecule has 21 heavy (non-hydrogen) atoms. The van der Waals surface area contributed by atoms with Crippen molar-refractivity contribution in [1.29, 1.82) is 0 Å². The zero-order valence-corrected chi connectivity index (χ0v) is 10.6. The number of pyridine rings is 1. The van der Waals surface area contributed by atoms with E-state index >= 15 is 0 Å². The zero-order valence-electron chi connectivity index (χ0n) is 10.6. The van der Waals surface area contributed by atoms with Crippen molar-refractivity contribution in [3.8, 4) is 0 Å². The van der Waals surface area contributed by atoms with Gasteiger partial charge in [0, 0.05) is 11.8 Å². The summed E-state index contributed by atoms with van der Waals surface area (Å²) in [6.07, 6.45) is -1.72. The maximum absolute atomic E-state index is 13.0. The Kier molecular flexibility index (Phi) is 3.01. The molecule has 0 spiro atoms. The van der Waals surface area contributed by atoms with E-state index in [9.17, 15) is 18.0 Å². The van der Waals surface area contributed by atoms with Crippen LogP contribution in [0.25, 0.3) is 11.6 Å². The lowest BCUT2D eigenvalue weighted by Gasteiger charge is -2.10. The Morgan fingerprint density at radius 1 is 1.10 bits per heavy atom. The SMILES string of the molecule is O=C1Nc2ncccc2/C1=C/c1ccccc1C(F)(F)F. The van der Waals surface area contributed by atoms with Gasteiger partial charge in [-0.2, -0.15) is 13.2 Å². The molecule has 0 bridgehead atoms. The molecule has 1 aromatic carbocycles. The van der Waals surface area contributed by atoms with E-state index in [0.717, 1.165) is 6.07 Å².